The Morgan fingerprint density at radius 1 is 0.903 bits per heavy atom. The molecule has 0 aromatic heterocycles. The van der Waals surface area contributed by atoms with Crippen LogP contribution in [0.1, 0.15) is 17.2 Å². The number of imide groups is 1. The first-order chi connectivity index (χ1) is 15.0. The molecule has 5 rings (SSSR count). The minimum Gasteiger partial charge on any atom is -0.508 e. The van der Waals surface area contributed by atoms with Gasteiger partial charge in [-0.1, -0.05) is 51.8 Å². The average molecular weight is 479 g/mol. The van der Waals surface area contributed by atoms with Gasteiger partial charge >= 0.3 is 0 Å². The number of phenols is 1. The highest BCUT2D eigenvalue weighted by molar-refractivity contribution is 9.10. The number of carbonyl (C=O) groups excluding carboxylic acids is 2. The van der Waals surface area contributed by atoms with Gasteiger partial charge in [-0.3, -0.25) is 14.4 Å². The molecule has 0 aliphatic carbocycles. The number of nitrogens with zero attached hydrogens (tertiary/aromatic N) is 2. The molecule has 3 atom stereocenters. The van der Waals surface area contributed by atoms with Gasteiger partial charge in [0.1, 0.15) is 11.7 Å². The highest BCUT2D eigenvalue weighted by Crippen LogP contribution is 2.49. The molecule has 0 unspecified atom stereocenters. The smallest absolute Gasteiger partial charge is 0.266 e. The van der Waals surface area contributed by atoms with E-state index in [1.165, 1.54) is 4.90 Å². The second-order valence-corrected chi connectivity index (χ2v) is 8.62. The van der Waals surface area contributed by atoms with Gasteiger partial charge < -0.3 is 5.11 Å². The fourth-order valence-electron chi connectivity index (χ4n) is 4.24. The Labute approximate surface area is 187 Å². The van der Waals surface area contributed by atoms with E-state index in [0.717, 1.165) is 10.0 Å². The van der Waals surface area contributed by atoms with Crippen molar-refractivity contribution in [2.24, 2.45) is 5.92 Å². The normalized spacial score (nSPS) is 22.8. The topological polar surface area (TPSA) is 70.1 Å². The number of rotatable bonds is 3. The zero-order valence-corrected chi connectivity index (χ0v) is 18.2. The fourth-order valence-corrected chi connectivity index (χ4v) is 4.62. The Morgan fingerprint density at radius 3 is 2.32 bits per heavy atom. The van der Waals surface area contributed by atoms with E-state index in [-0.39, 0.29) is 11.7 Å². The lowest BCUT2D eigenvalue weighted by Crippen LogP contribution is -2.37. The molecule has 2 aliphatic heterocycles. The van der Waals surface area contributed by atoms with E-state index < -0.39 is 24.0 Å². The number of aryl methyl sites for hydroxylation is 1. The van der Waals surface area contributed by atoms with Gasteiger partial charge in [-0.05, 0) is 49.4 Å². The predicted molar refractivity (Wildman–Crippen MR) is 120 cm³/mol. The van der Waals surface area contributed by atoms with Crippen molar-refractivity contribution >= 4 is 39.1 Å². The zero-order chi connectivity index (χ0) is 21.7. The molecule has 0 radical (unpaired) electrons. The number of hydrogen-bond donors (Lipinski definition) is 1. The lowest BCUT2D eigenvalue weighted by Gasteiger charge is -2.29. The fraction of sp³-hybridized carbons (Fsp3) is 0.167. The third-order valence-corrected chi connectivity index (χ3v) is 6.22. The van der Waals surface area contributed by atoms with Crippen LogP contribution < -0.4 is 9.96 Å². The number of anilines is 2. The van der Waals surface area contributed by atoms with E-state index in [2.05, 4.69) is 15.9 Å². The number of phenolic OH excluding ortho intramolecular Hbond substituents is 1. The molecule has 0 saturated carbocycles. The van der Waals surface area contributed by atoms with Crippen LogP contribution in [0.3, 0.4) is 0 Å². The van der Waals surface area contributed by atoms with E-state index >= 15 is 0 Å². The van der Waals surface area contributed by atoms with Crippen LogP contribution in [-0.2, 0) is 14.4 Å². The maximum Gasteiger partial charge on any atom is 0.266 e. The summed E-state index contributed by atoms with van der Waals surface area (Å²) < 4.78 is 0.754. The van der Waals surface area contributed by atoms with Crippen LogP contribution in [0, 0.1) is 12.8 Å². The molecule has 7 heteroatoms. The van der Waals surface area contributed by atoms with Crippen molar-refractivity contribution in [2.75, 3.05) is 9.96 Å². The molecule has 3 aromatic rings. The largest absolute Gasteiger partial charge is 0.508 e. The Bertz CT molecular complexity index is 1170. The number of aromatic hydroxyl groups is 1. The van der Waals surface area contributed by atoms with Gasteiger partial charge in [0.15, 0.2) is 6.10 Å². The molecular weight excluding hydrogens is 460 g/mol. The van der Waals surface area contributed by atoms with Crippen LogP contribution in [0.25, 0.3) is 0 Å². The average Bonchev–Trinajstić information content (AvgIpc) is 3.28. The molecule has 1 N–H and O–H groups in total. The van der Waals surface area contributed by atoms with Crippen molar-refractivity contribution in [1.29, 1.82) is 0 Å². The van der Waals surface area contributed by atoms with Gasteiger partial charge in [0.05, 0.1) is 17.4 Å². The van der Waals surface area contributed by atoms with Gasteiger partial charge in [-0.2, -0.15) is 0 Å². The molecule has 0 bridgehead atoms. The van der Waals surface area contributed by atoms with Crippen LogP contribution in [-0.4, -0.2) is 23.0 Å². The number of benzene rings is 3. The van der Waals surface area contributed by atoms with Gasteiger partial charge in [-0.25, -0.2) is 9.96 Å². The standard InChI is InChI=1S/C24H19BrN2O4/c1-14-7-10-16(11-8-14)26-23(29)20-21(18-13-15(25)9-12-19(18)28)27(31-22(20)24(26)30)17-5-3-2-4-6-17/h2-13,20-22,28H,1H3/t20-,21+,22-/m0/s1. The molecule has 2 aliphatic rings. The number of hydrogen-bond acceptors (Lipinski definition) is 5. The monoisotopic (exact) mass is 478 g/mol. The van der Waals surface area contributed by atoms with E-state index in [0.29, 0.717) is 16.9 Å². The second-order valence-electron chi connectivity index (χ2n) is 7.71. The van der Waals surface area contributed by atoms with Crippen LogP contribution in [0.4, 0.5) is 11.4 Å². The molecule has 2 fully saturated rings. The summed E-state index contributed by atoms with van der Waals surface area (Å²) in [5, 5.41) is 12.2. The molecule has 2 amide bonds. The lowest BCUT2D eigenvalue weighted by atomic mass is 9.90. The number of para-hydroxylation sites is 1. The third kappa shape index (κ3) is 3.21. The predicted octanol–water partition coefficient (Wildman–Crippen LogP) is 4.51. The van der Waals surface area contributed by atoms with E-state index in [4.69, 9.17) is 4.84 Å². The van der Waals surface area contributed by atoms with E-state index in [9.17, 15) is 14.7 Å². The number of amides is 2. The molecule has 156 valence electrons. The Kier molecular flexibility index (Phi) is 4.79. The molecule has 0 spiro atoms. The number of hydroxylamine groups is 1. The van der Waals surface area contributed by atoms with E-state index in [1.807, 2.05) is 49.4 Å². The van der Waals surface area contributed by atoms with Crippen molar-refractivity contribution in [3.05, 3.63) is 88.4 Å². The maximum absolute atomic E-state index is 13.5. The van der Waals surface area contributed by atoms with Crippen LogP contribution in [0.15, 0.2) is 77.3 Å². The summed E-state index contributed by atoms with van der Waals surface area (Å²) in [5.41, 5.74) is 2.76. The van der Waals surface area contributed by atoms with Gasteiger partial charge in [0, 0.05) is 10.0 Å². The summed E-state index contributed by atoms with van der Waals surface area (Å²) in [6, 6.07) is 20.9. The molecule has 2 saturated heterocycles. The van der Waals surface area contributed by atoms with Gasteiger partial charge in [-0.15, -0.1) is 0 Å². The second kappa shape index (κ2) is 7.51. The molecule has 2 heterocycles. The summed E-state index contributed by atoms with van der Waals surface area (Å²) in [5.74, 6) is -1.51. The van der Waals surface area contributed by atoms with Crippen molar-refractivity contribution < 1.29 is 19.5 Å². The Balaban J connectivity index is 1.62. The SMILES string of the molecule is Cc1ccc(N2C(=O)[C@@H]3[C@H](ON(c4ccccc4)[C@@H]3c3cc(Br)ccc3O)C2=O)cc1. The van der Waals surface area contributed by atoms with Crippen LogP contribution in [0.2, 0.25) is 0 Å². The molecule has 31 heavy (non-hydrogen) atoms. The molecular formula is C24H19BrN2O4. The summed E-state index contributed by atoms with van der Waals surface area (Å²) in [6.07, 6.45) is -0.975. The number of halogens is 1. The van der Waals surface area contributed by atoms with E-state index in [1.54, 1.807) is 35.4 Å². The summed E-state index contributed by atoms with van der Waals surface area (Å²) >= 11 is 3.44. The summed E-state index contributed by atoms with van der Waals surface area (Å²) in [7, 11) is 0. The van der Waals surface area contributed by atoms with Crippen molar-refractivity contribution in [3.63, 3.8) is 0 Å². The highest BCUT2D eigenvalue weighted by Gasteiger charge is 2.60. The maximum atomic E-state index is 13.5. The number of fused-ring (bicyclic) bond motifs is 1. The Morgan fingerprint density at radius 2 is 1.61 bits per heavy atom. The summed E-state index contributed by atoms with van der Waals surface area (Å²) in [6.45, 7) is 1.94. The Hall–Kier alpha value is -3.16. The van der Waals surface area contributed by atoms with Crippen LogP contribution in [0.5, 0.6) is 5.75 Å². The number of carbonyl (C=O) groups is 2. The molecule has 6 nitrogen and oxygen atoms in total. The highest BCUT2D eigenvalue weighted by atomic mass is 79.9. The van der Waals surface area contributed by atoms with Crippen molar-refractivity contribution in [2.45, 2.75) is 19.1 Å². The lowest BCUT2D eigenvalue weighted by molar-refractivity contribution is -0.126. The minimum atomic E-state index is -0.975. The summed E-state index contributed by atoms with van der Waals surface area (Å²) in [4.78, 5) is 34.1. The van der Waals surface area contributed by atoms with Crippen molar-refractivity contribution in [1.82, 2.24) is 0 Å². The molecule has 3 aromatic carbocycles. The first kappa shape index (κ1) is 19.8. The quantitative estimate of drug-likeness (QED) is 0.560. The zero-order valence-electron chi connectivity index (χ0n) is 16.6. The van der Waals surface area contributed by atoms with Crippen LogP contribution >= 0.6 is 15.9 Å². The van der Waals surface area contributed by atoms with Crippen molar-refractivity contribution in [3.8, 4) is 5.75 Å². The van der Waals surface area contributed by atoms with Gasteiger partial charge in [0.2, 0.25) is 5.91 Å². The minimum absolute atomic E-state index is 0.0346. The third-order valence-electron chi connectivity index (χ3n) is 5.73. The first-order valence-electron chi connectivity index (χ1n) is 9.89. The first-order valence-corrected chi connectivity index (χ1v) is 10.7. The van der Waals surface area contributed by atoms with Gasteiger partial charge in [0.25, 0.3) is 5.91 Å².